The summed E-state index contributed by atoms with van der Waals surface area (Å²) < 4.78 is 0. The van der Waals surface area contributed by atoms with Gasteiger partial charge in [0.05, 0.1) is 0 Å². The number of hydrogen-bond donors (Lipinski definition) is 3. The van der Waals surface area contributed by atoms with Gasteiger partial charge in [-0.2, -0.15) is 0 Å². The highest BCUT2D eigenvalue weighted by Crippen LogP contribution is 2.28. The van der Waals surface area contributed by atoms with E-state index in [9.17, 15) is 9.59 Å². The van der Waals surface area contributed by atoms with Crippen molar-refractivity contribution in [2.45, 2.75) is 76.7 Å². The van der Waals surface area contributed by atoms with Crippen molar-refractivity contribution >= 4 is 11.9 Å². The van der Waals surface area contributed by atoms with Crippen LogP contribution in [0.15, 0.2) is 0 Å². The average Bonchev–Trinajstić information content (AvgIpc) is 3.17. The van der Waals surface area contributed by atoms with Gasteiger partial charge in [0, 0.05) is 25.6 Å². The summed E-state index contributed by atoms with van der Waals surface area (Å²) in [5.41, 5.74) is 0. The Hall–Kier alpha value is -1.26. The van der Waals surface area contributed by atoms with Gasteiger partial charge in [-0.3, -0.25) is 4.79 Å². The minimum atomic E-state index is -0.153. The topological polar surface area (TPSA) is 70.2 Å². The Bertz CT molecular complexity index is 348. The molecule has 2 aliphatic rings. The van der Waals surface area contributed by atoms with E-state index in [0.29, 0.717) is 19.0 Å². The first kappa shape index (κ1) is 17.1. The molecule has 2 rings (SSSR count). The van der Waals surface area contributed by atoms with E-state index in [0.717, 1.165) is 31.7 Å². The maximum absolute atomic E-state index is 11.7. The molecule has 2 fully saturated rings. The second kappa shape index (κ2) is 9.70. The molecular formula is C17H31N3O2. The van der Waals surface area contributed by atoms with Crippen LogP contribution in [-0.2, 0) is 4.79 Å². The predicted molar refractivity (Wildman–Crippen MR) is 87.6 cm³/mol. The van der Waals surface area contributed by atoms with Gasteiger partial charge in [0.15, 0.2) is 0 Å². The van der Waals surface area contributed by atoms with Crippen molar-refractivity contribution in [3.05, 3.63) is 0 Å². The van der Waals surface area contributed by atoms with Crippen LogP contribution in [0.4, 0.5) is 4.79 Å². The maximum Gasteiger partial charge on any atom is 0.314 e. The van der Waals surface area contributed by atoms with E-state index in [1.54, 1.807) is 0 Å². The Morgan fingerprint density at radius 2 is 1.50 bits per heavy atom. The molecular weight excluding hydrogens is 278 g/mol. The van der Waals surface area contributed by atoms with Crippen LogP contribution < -0.4 is 16.0 Å². The highest BCUT2D eigenvalue weighted by atomic mass is 16.2. The van der Waals surface area contributed by atoms with Crippen molar-refractivity contribution in [2.75, 3.05) is 13.1 Å². The van der Waals surface area contributed by atoms with E-state index in [1.165, 1.54) is 44.9 Å². The molecule has 0 saturated heterocycles. The van der Waals surface area contributed by atoms with Crippen LogP contribution >= 0.6 is 0 Å². The van der Waals surface area contributed by atoms with Crippen molar-refractivity contribution in [2.24, 2.45) is 5.92 Å². The summed E-state index contributed by atoms with van der Waals surface area (Å²) in [6.45, 7) is 1.14. The van der Waals surface area contributed by atoms with Crippen molar-refractivity contribution in [1.82, 2.24) is 16.0 Å². The average molecular weight is 309 g/mol. The van der Waals surface area contributed by atoms with E-state index in [1.807, 2.05) is 0 Å². The van der Waals surface area contributed by atoms with Gasteiger partial charge in [-0.1, -0.05) is 38.5 Å². The summed E-state index contributed by atoms with van der Waals surface area (Å²) in [5, 5.41) is 8.65. The number of carbonyl (C=O) groups is 2. The van der Waals surface area contributed by atoms with Crippen molar-refractivity contribution in [3.63, 3.8) is 0 Å². The van der Waals surface area contributed by atoms with Crippen LogP contribution in [0.1, 0.15) is 70.6 Å². The second-order valence-corrected chi connectivity index (χ2v) is 6.77. The van der Waals surface area contributed by atoms with Gasteiger partial charge in [-0.15, -0.1) is 0 Å². The largest absolute Gasteiger partial charge is 0.353 e. The maximum atomic E-state index is 11.7. The summed E-state index contributed by atoms with van der Waals surface area (Å²) >= 11 is 0. The van der Waals surface area contributed by atoms with Crippen LogP contribution in [0.3, 0.4) is 0 Å². The Morgan fingerprint density at radius 1 is 0.864 bits per heavy atom. The third-order valence-corrected chi connectivity index (χ3v) is 4.91. The SMILES string of the molecule is O=C(CCNC(=O)NCCCC1CCCC1)NC1CCCC1. The Labute approximate surface area is 134 Å². The van der Waals surface area contributed by atoms with Crippen LogP contribution in [0.2, 0.25) is 0 Å². The minimum absolute atomic E-state index is 0.0495. The van der Waals surface area contributed by atoms with E-state index >= 15 is 0 Å². The first-order valence-corrected chi connectivity index (χ1v) is 9.05. The first-order chi connectivity index (χ1) is 10.7. The number of urea groups is 1. The summed E-state index contributed by atoms with van der Waals surface area (Å²) in [5.74, 6) is 0.928. The zero-order valence-corrected chi connectivity index (χ0v) is 13.7. The molecule has 0 spiro atoms. The van der Waals surface area contributed by atoms with E-state index in [-0.39, 0.29) is 11.9 Å². The molecule has 0 aromatic carbocycles. The molecule has 0 aliphatic heterocycles. The van der Waals surface area contributed by atoms with E-state index in [2.05, 4.69) is 16.0 Å². The van der Waals surface area contributed by atoms with E-state index in [4.69, 9.17) is 0 Å². The molecule has 2 saturated carbocycles. The normalized spacial score (nSPS) is 19.3. The number of rotatable bonds is 8. The zero-order valence-electron chi connectivity index (χ0n) is 13.7. The molecule has 3 amide bonds. The summed E-state index contributed by atoms with van der Waals surface area (Å²) in [4.78, 5) is 23.3. The molecule has 5 nitrogen and oxygen atoms in total. The van der Waals surface area contributed by atoms with Crippen molar-refractivity contribution < 1.29 is 9.59 Å². The molecule has 0 radical (unpaired) electrons. The number of carbonyl (C=O) groups excluding carboxylic acids is 2. The number of amides is 3. The lowest BCUT2D eigenvalue weighted by atomic mass is 10.0. The predicted octanol–water partition coefficient (Wildman–Crippen LogP) is 2.70. The van der Waals surface area contributed by atoms with Crippen molar-refractivity contribution in [1.29, 1.82) is 0 Å². The molecule has 2 aliphatic carbocycles. The lowest BCUT2D eigenvalue weighted by Crippen LogP contribution is -2.39. The van der Waals surface area contributed by atoms with Gasteiger partial charge in [0.25, 0.3) is 0 Å². The molecule has 126 valence electrons. The standard InChI is InChI=1S/C17H31N3O2/c21-16(20-15-9-3-4-10-15)11-13-19-17(22)18-12-5-8-14-6-1-2-7-14/h14-15H,1-13H2,(H,20,21)(H2,18,19,22). The molecule has 0 aromatic heterocycles. The van der Waals surface area contributed by atoms with Crippen molar-refractivity contribution in [3.8, 4) is 0 Å². The Morgan fingerprint density at radius 3 is 2.23 bits per heavy atom. The minimum Gasteiger partial charge on any atom is -0.353 e. The summed E-state index contributed by atoms with van der Waals surface area (Å²) in [7, 11) is 0. The van der Waals surface area contributed by atoms with Gasteiger partial charge >= 0.3 is 6.03 Å². The highest BCUT2D eigenvalue weighted by Gasteiger charge is 2.17. The van der Waals surface area contributed by atoms with Gasteiger partial charge in [0.1, 0.15) is 0 Å². The quantitative estimate of drug-likeness (QED) is 0.603. The molecule has 3 N–H and O–H groups in total. The van der Waals surface area contributed by atoms with Gasteiger partial charge in [0.2, 0.25) is 5.91 Å². The van der Waals surface area contributed by atoms with Crippen LogP contribution in [0.5, 0.6) is 0 Å². The smallest absolute Gasteiger partial charge is 0.314 e. The molecule has 0 unspecified atom stereocenters. The molecule has 0 heterocycles. The van der Waals surface area contributed by atoms with E-state index < -0.39 is 0 Å². The van der Waals surface area contributed by atoms with Crippen LogP contribution in [0, 0.1) is 5.92 Å². The summed E-state index contributed by atoms with van der Waals surface area (Å²) in [6.07, 6.45) is 12.8. The van der Waals surface area contributed by atoms with Gasteiger partial charge in [-0.25, -0.2) is 4.79 Å². The lowest BCUT2D eigenvalue weighted by Gasteiger charge is -2.12. The number of hydrogen-bond acceptors (Lipinski definition) is 2. The van der Waals surface area contributed by atoms with Gasteiger partial charge in [-0.05, 0) is 31.6 Å². The fraction of sp³-hybridized carbons (Fsp3) is 0.882. The first-order valence-electron chi connectivity index (χ1n) is 9.05. The molecule has 5 heteroatoms. The molecule has 0 atom stereocenters. The van der Waals surface area contributed by atoms with Gasteiger partial charge < -0.3 is 16.0 Å². The second-order valence-electron chi connectivity index (χ2n) is 6.77. The van der Waals surface area contributed by atoms with Crippen LogP contribution in [0.25, 0.3) is 0 Å². The third kappa shape index (κ3) is 6.67. The zero-order chi connectivity index (χ0) is 15.6. The molecule has 0 bridgehead atoms. The highest BCUT2D eigenvalue weighted by molar-refractivity contribution is 5.78. The molecule has 0 aromatic rings. The summed E-state index contributed by atoms with van der Waals surface area (Å²) in [6, 6.07) is 0.206. The third-order valence-electron chi connectivity index (χ3n) is 4.91. The fourth-order valence-corrected chi connectivity index (χ4v) is 3.61. The Kier molecular flexibility index (Phi) is 7.54. The number of nitrogens with one attached hydrogen (secondary N) is 3. The Balaban J connectivity index is 1.42. The monoisotopic (exact) mass is 309 g/mol. The molecule has 22 heavy (non-hydrogen) atoms. The lowest BCUT2D eigenvalue weighted by molar-refractivity contribution is -0.121. The van der Waals surface area contributed by atoms with Crippen LogP contribution in [-0.4, -0.2) is 31.1 Å². The fourth-order valence-electron chi connectivity index (χ4n) is 3.61.